The molecule has 9 heavy (non-hydrogen) atoms. The normalized spacial score (nSPS) is 9.67. The van der Waals surface area contributed by atoms with E-state index in [2.05, 4.69) is 26.1 Å². The molecule has 0 saturated carbocycles. The molecule has 0 fully saturated rings. The van der Waals surface area contributed by atoms with Crippen molar-refractivity contribution in [1.82, 2.24) is 10.2 Å². The molecule has 0 N–H and O–H groups in total. The molecule has 5 heteroatoms. The van der Waals surface area contributed by atoms with Crippen LogP contribution in [0.25, 0.3) is 0 Å². The van der Waals surface area contributed by atoms with Crippen LogP contribution >= 0.6 is 39.1 Å². The molecule has 48 valence electrons. The quantitative estimate of drug-likeness (QED) is 0.681. The molecular weight excluding hydrogens is 227 g/mol. The van der Waals surface area contributed by atoms with Gasteiger partial charge in [0.2, 0.25) is 0 Å². The Hall–Kier alpha value is 0.140. The van der Waals surface area contributed by atoms with Gasteiger partial charge in [0.15, 0.2) is 5.15 Å². The molecule has 0 bridgehead atoms. The van der Waals surface area contributed by atoms with Crippen molar-refractivity contribution in [1.29, 1.82) is 0 Å². The fourth-order valence-electron chi connectivity index (χ4n) is 0.329. The standard InChI is InChI=1S/C4HBrCl2N2/c5-2-1-8-9-4(7)3(2)6/h1H. The van der Waals surface area contributed by atoms with Crippen LogP contribution in [0, 0.1) is 0 Å². The first-order valence-electron chi connectivity index (χ1n) is 2.04. The smallest absolute Gasteiger partial charge is 0.156 e. The van der Waals surface area contributed by atoms with Crippen LogP contribution in [0.3, 0.4) is 0 Å². The van der Waals surface area contributed by atoms with E-state index < -0.39 is 0 Å². The maximum Gasteiger partial charge on any atom is 0.171 e. The molecule has 0 unspecified atom stereocenters. The van der Waals surface area contributed by atoms with E-state index in [0.29, 0.717) is 9.50 Å². The highest BCUT2D eigenvalue weighted by atomic mass is 79.9. The lowest BCUT2D eigenvalue weighted by molar-refractivity contribution is 1.02. The summed E-state index contributed by atoms with van der Waals surface area (Å²) in [5, 5.41) is 7.63. The SMILES string of the molecule is Clc1nncc(Br)c1Cl. The average Bonchev–Trinajstić information content (AvgIpc) is 1.83. The van der Waals surface area contributed by atoms with Crippen molar-refractivity contribution in [3.8, 4) is 0 Å². The third-order valence-electron chi connectivity index (χ3n) is 0.707. The first kappa shape index (κ1) is 7.25. The fraction of sp³-hybridized carbons (Fsp3) is 0. The minimum atomic E-state index is 0.214. The Bertz CT molecular complexity index is 208. The number of hydrogen-bond donors (Lipinski definition) is 0. The predicted molar refractivity (Wildman–Crippen MR) is 39.8 cm³/mol. The van der Waals surface area contributed by atoms with Gasteiger partial charge in [0.25, 0.3) is 0 Å². The van der Waals surface area contributed by atoms with Gasteiger partial charge in [-0.1, -0.05) is 23.2 Å². The van der Waals surface area contributed by atoms with Gasteiger partial charge < -0.3 is 0 Å². The lowest BCUT2D eigenvalue weighted by Crippen LogP contribution is -1.81. The second-order valence-electron chi connectivity index (χ2n) is 1.30. The Kier molecular flexibility index (Phi) is 2.27. The van der Waals surface area contributed by atoms with Gasteiger partial charge in [0.05, 0.1) is 15.7 Å². The van der Waals surface area contributed by atoms with Crippen LogP contribution in [-0.4, -0.2) is 10.2 Å². The zero-order chi connectivity index (χ0) is 6.85. The zero-order valence-corrected chi connectivity index (χ0v) is 7.20. The molecule has 1 aromatic rings. The van der Waals surface area contributed by atoms with Crippen molar-refractivity contribution >= 4 is 39.1 Å². The molecule has 0 aliphatic carbocycles. The van der Waals surface area contributed by atoms with Crippen LogP contribution in [-0.2, 0) is 0 Å². The summed E-state index contributed by atoms with van der Waals surface area (Å²) in [5.74, 6) is 0. The maximum absolute atomic E-state index is 5.60. The van der Waals surface area contributed by atoms with E-state index in [-0.39, 0.29) is 5.15 Å². The summed E-state index contributed by atoms with van der Waals surface area (Å²) in [6.45, 7) is 0. The monoisotopic (exact) mass is 226 g/mol. The Morgan fingerprint density at radius 2 is 2.11 bits per heavy atom. The zero-order valence-electron chi connectivity index (χ0n) is 4.11. The van der Waals surface area contributed by atoms with Gasteiger partial charge in [-0.3, -0.25) is 0 Å². The first-order valence-corrected chi connectivity index (χ1v) is 3.59. The summed E-state index contributed by atoms with van der Waals surface area (Å²) in [4.78, 5) is 0. The molecule has 1 rings (SSSR count). The van der Waals surface area contributed by atoms with E-state index in [0.717, 1.165) is 0 Å². The molecule has 0 aliphatic rings. The largest absolute Gasteiger partial charge is 0.171 e. The van der Waals surface area contributed by atoms with Crippen LogP contribution in [0.15, 0.2) is 10.7 Å². The topological polar surface area (TPSA) is 25.8 Å². The van der Waals surface area contributed by atoms with Crippen LogP contribution < -0.4 is 0 Å². The Morgan fingerprint density at radius 1 is 1.44 bits per heavy atom. The van der Waals surface area contributed by atoms with E-state index in [1.807, 2.05) is 0 Å². The summed E-state index contributed by atoms with van der Waals surface area (Å²) < 4.78 is 0.657. The van der Waals surface area contributed by atoms with Crippen molar-refractivity contribution in [3.05, 3.63) is 20.8 Å². The van der Waals surface area contributed by atoms with E-state index in [4.69, 9.17) is 23.2 Å². The number of halogens is 3. The molecule has 0 radical (unpaired) electrons. The second-order valence-corrected chi connectivity index (χ2v) is 2.89. The highest BCUT2D eigenvalue weighted by Gasteiger charge is 2.01. The van der Waals surface area contributed by atoms with E-state index >= 15 is 0 Å². The minimum absolute atomic E-state index is 0.214. The molecule has 0 amide bonds. The van der Waals surface area contributed by atoms with Crippen LogP contribution in [0.4, 0.5) is 0 Å². The number of hydrogen-bond acceptors (Lipinski definition) is 2. The third-order valence-corrected chi connectivity index (χ3v) is 2.28. The number of nitrogens with zero attached hydrogens (tertiary/aromatic N) is 2. The van der Waals surface area contributed by atoms with Gasteiger partial charge in [-0.2, -0.15) is 5.10 Å². The summed E-state index contributed by atoms with van der Waals surface area (Å²) >= 11 is 14.2. The van der Waals surface area contributed by atoms with Crippen molar-refractivity contribution in [2.24, 2.45) is 0 Å². The molecule has 0 saturated heterocycles. The Labute approximate surface area is 70.3 Å². The number of aromatic nitrogens is 2. The van der Waals surface area contributed by atoms with Gasteiger partial charge in [-0.15, -0.1) is 5.10 Å². The van der Waals surface area contributed by atoms with Crippen molar-refractivity contribution in [2.45, 2.75) is 0 Å². The van der Waals surface area contributed by atoms with Gasteiger partial charge in [-0.05, 0) is 15.9 Å². The molecular formula is C4HBrCl2N2. The summed E-state index contributed by atoms with van der Waals surface area (Å²) in [6, 6.07) is 0. The van der Waals surface area contributed by atoms with E-state index in [1.54, 1.807) is 0 Å². The van der Waals surface area contributed by atoms with Crippen molar-refractivity contribution < 1.29 is 0 Å². The second kappa shape index (κ2) is 2.82. The molecule has 0 aliphatic heterocycles. The molecule has 1 heterocycles. The molecule has 0 spiro atoms. The van der Waals surface area contributed by atoms with Crippen LogP contribution in [0.2, 0.25) is 10.2 Å². The average molecular weight is 228 g/mol. The summed E-state index contributed by atoms with van der Waals surface area (Å²) in [6.07, 6.45) is 1.48. The van der Waals surface area contributed by atoms with Crippen LogP contribution in [0.5, 0.6) is 0 Å². The first-order chi connectivity index (χ1) is 4.22. The van der Waals surface area contributed by atoms with Gasteiger partial charge in [-0.25, -0.2) is 0 Å². The van der Waals surface area contributed by atoms with Crippen LogP contribution in [0.1, 0.15) is 0 Å². The lowest BCUT2D eigenvalue weighted by atomic mass is 10.6. The molecule has 0 atom stereocenters. The minimum Gasteiger partial charge on any atom is -0.156 e. The van der Waals surface area contributed by atoms with Gasteiger partial charge >= 0.3 is 0 Å². The fourth-order valence-corrected chi connectivity index (χ4v) is 0.955. The predicted octanol–water partition coefficient (Wildman–Crippen LogP) is 2.55. The third kappa shape index (κ3) is 1.53. The van der Waals surface area contributed by atoms with Gasteiger partial charge in [0.1, 0.15) is 0 Å². The molecule has 2 nitrogen and oxygen atoms in total. The maximum atomic E-state index is 5.60. The molecule has 1 aromatic heterocycles. The van der Waals surface area contributed by atoms with Gasteiger partial charge in [0, 0.05) is 0 Å². The summed E-state index contributed by atoms with van der Waals surface area (Å²) in [5.41, 5.74) is 0. The lowest BCUT2D eigenvalue weighted by Gasteiger charge is -1.92. The van der Waals surface area contributed by atoms with E-state index in [1.165, 1.54) is 6.20 Å². The highest BCUT2D eigenvalue weighted by molar-refractivity contribution is 9.10. The van der Waals surface area contributed by atoms with Crippen molar-refractivity contribution in [3.63, 3.8) is 0 Å². The molecule has 0 aromatic carbocycles. The number of rotatable bonds is 0. The van der Waals surface area contributed by atoms with E-state index in [9.17, 15) is 0 Å². The highest BCUT2D eigenvalue weighted by Crippen LogP contribution is 2.25. The Balaban J connectivity index is 3.25. The van der Waals surface area contributed by atoms with Crippen molar-refractivity contribution in [2.75, 3.05) is 0 Å². The Morgan fingerprint density at radius 3 is 2.56 bits per heavy atom. The summed E-state index contributed by atoms with van der Waals surface area (Å²) in [7, 11) is 0.